The third-order valence-corrected chi connectivity index (χ3v) is 11.6. The molecule has 10 rings (SSSR count). The topological polar surface area (TPSA) is 91.4 Å². The molecule has 0 spiro atoms. The van der Waals surface area contributed by atoms with Gasteiger partial charge in [0.05, 0.1) is 38.9 Å². The molecule has 12 heteroatoms. The van der Waals surface area contributed by atoms with Crippen LogP contribution in [0.5, 0.6) is 23.0 Å². The molecular weight excluding hydrogens is 723 g/mol. The van der Waals surface area contributed by atoms with Crippen LogP contribution < -0.4 is 23.8 Å². The zero-order chi connectivity index (χ0) is 37.1. The summed E-state index contributed by atoms with van der Waals surface area (Å²) in [6.45, 7) is -0.0398. The number of ether oxygens (including phenoxy) is 4. The summed E-state index contributed by atoms with van der Waals surface area (Å²) >= 11 is 6.55. The Morgan fingerprint density at radius 1 is 0.593 bits per heavy atom. The third-order valence-electron chi connectivity index (χ3n) is 11.3. The number of Topliss-reactive ketones (excluding diaryl/α,β-unsaturated/α-hetero) is 1. The Bertz CT molecular complexity index is 2370. The van der Waals surface area contributed by atoms with E-state index >= 15 is 14.4 Å². The van der Waals surface area contributed by atoms with Crippen molar-refractivity contribution in [2.45, 2.75) is 17.0 Å². The molecule has 5 aromatic carbocycles. The van der Waals surface area contributed by atoms with Gasteiger partial charge in [0.25, 0.3) is 0 Å². The van der Waals surface area contributed by atoms with Gasteiger partial charge in [-0.15, -0.1) is 0 Å². The normalized spacial score (nSPS) is 24.9. The number of amides is 2. The van der Waals surface area contributed by atoms with Crippen LogP contribution in [0.25, 0.3) is 11.1 Å². The van der Waals surface area contributed by atoms with Gasteiger partial charge in [-0.1, -0.05) is 84.4 Å². The van der Waals surface area contributed by atoms with Gasteiger partial charge < -0.3 is 18.9 Å². The van der Waals surface area contributed by atoms with Gasteiger partial charge in [-0.2, -0.15) is 13.2 Å². The van der Waals surface area contributed by atoms with Crippen molar-refractivity contribution >= 4 is 46.0 Å². The number of hydrogen-bond acceptors (Lipinski definition) is 7. The van der Waals surface area contributed by atoms with E-state index < -0.39 is 57.7 Å². The summed E-state index contributed by atoms with van der Waals surface area (Å²) in [5.74, 6) is -3.10. The van der Waals surface area contributed by atoms with Crippen molar-refractivity contribution in [3.8, 4) is 23.0 Å². The molecule has 3 heterocycles. The average molecular weight is 748 g/mol. The predicted octanol–water partition coefficient (Wildman–Crippen LogP) is 8.01. The molecule has 0 unspecified atom stereocenters. The molecule has 54 heavy (non-hydrogen) atoms. The molecule has 5 aliphatic rings. The number of imide groups is 1. The lowest BCUT2D eigenvalue weighted by Crippen LogP contribution is -2.45. The lowest BCUT2D eigenvalue weighted by atomic mass is 9.59. The monoisotopic (exact) mass is 747 g/mol. The van der Waals surface area contributed by atoms with Gasteiger partial charge in [0.2, 0.25) is 25.4 Å². The fourth-order valence-corrected chi connectivity index (χ4v) is 9.53. The van der Waals surface area contributed by atoms with Crippen LogP contribution in [0.15, 0.2) is 115 Å². The van der Waals surface area contributed by atoms with Gasteiger partial charge in [0.15, 0.2) is 28.8 Å². The quantitative estimate of drug-likeness (QED) is 0.168. The zero-order valence-electron chi connectivity index (χ0n) is 27.9. The van der Waals surface area contributed by atoms with Crippen molar-refractivity contribution in [1.29, 1.82) is 0 Å². The SMILES string of the molecule is O=C1[C@@H]2[C@@H](C(=O)N1c1cc(C(F)(F)F)ccc1Cl)[C@@]1(c3ccccc3)C(=O)[C@@]2(c2ccccc2)C(c2ccc3c(c2)OCO3)=C1c1ccc2c(c1)OCO2. The smallest absolute Gasteiger partial charge is 0.416 e. The third kappa shape index (κ3) is 4.07. The average Bonchev–Trinajstić information content (AvgIpc) is 3.98. The Labute approximate surface area is 310 Å². The molecule has 0 aromatic heterocycles. The molecule has 1 saturated carbocycles. The second-order valence-electron chi connectivity index (χ2n) is 13.7. The molecule has 2 aliphatic carbocycles. The molecule has 2 bridgehead atoms. The summed E-state index contributed by atoms with van der Waals surface area (Å²) in [5.41, 5.74) is -2.37. The molecule has 4 atom stereocenters. The van der Waals surface area contributed by atoms with Crippen LogP contribution in [0, 0.1) is 11.8 Å². The fourth-order valence-electron chi connectivity index (χ4n) is 9.33. The van der Waals surface area contributed by atoms with E-state index in [4.69, 9.17) is 30.5 Å². The number of halogens is 4. The van der Waals surface area contributed by atoms with Crippen LogP contribution in [-0.4, -0.2) is 31.2 Å². The number of allylic oxidation sites excluding steroid dienone is 2. The summed E-state index contributed by atoms with van der Waals surface area (Å²) in [4.78, 5) is 47.5. The van der Waals surface area contributed by atoms with Gasteiger partial charge in [0.1, 0.15) is 0 Å². The van der Waals surface area contributed by atoms with Crippen LogP contribution in [-0.2, 0) is 31.4 Å². The maximum Gasteiger partial charge on any atom is 0.416 e. The molecule has 2 fully saturated rings. The first-order valence-electron chi connectivity index (χ1n) is 17.0. The van der Waals surface area contributed by atoms with Crippen LogP contribution in [0.3, 0.4) is 0 Å². The molecule has 1 saturated heterocycles. The second kappa shape index (κ2) is 11.2. The first kappa shape index (κ1) is 32.6. The first-order chi connectivity index (χ1) is 26.1. The van der Waals surface area contributed by atoms with E-state index in [1.807, 2.05) is 0 Å². The summed E-state index contributed by atoms with van der Waals surface area (Å²) in [6.07, 6.45) is -4.80. The molecule has 3 aliphatic heterocycles. The summed E-state index contributed by atoms with van der Waals surface area (Å²) in [5, 5.41) is -0.231. The number of benzene rings is 5. The number of rotatable bonds is 5. The number of hydrogen-bond donors (Lipinski definition) is 0. The van der Waals surface area contributed by atoms with Gasteiger partial charge in [-0.05, 0) is 75.9 Å². The Hall–Kier alpha value is -6.07. The lowest BCUT2D eigenvalue weighted by Gasteiger charge is -2.39. The maximum absolute atomic E-state index is 16.2. The van der Waals surface area contributed by atoms with Crippen LogP contribution in [0.1, 0.15) is 27.8 Å². The van der Waals surface area contributed by atoms with Gasteiger partial charge in [-0.3, -0.25) is 14.4 Å². The molecule has 0 N–H and O–H groups in total. The van der Waals surface area contributed by atoms with E-state index in [1.165, 1.54) is 0 Å². The number of alkyl halides is 3. The Balaban J connectivity index is 1.35. The van der Waals surface area contributed by atoms with Crippen molar-refractivity contribution in [2.75, 3.05) is 18.5 Å². The van der Waals surface area contributed by atoms with Crippen LogP contribution in [0.2, 0.25) is 5.02 Å². The molecular formula is C42H25ClF3NO7. The van der Waals surface area contributed by atoms with Gasteiger partial charge in [-0.25, -0.2) is 4.90 Å². The minimum absolute atomic E-state index is 0.0199. The van der Waals surface area contributed by atoms with Crippen molar-refractivity contribution < 1.29 is 46.5 Å². The van der Waals surface area contributed by atoms with E-state index in [1.54, 1.807) is 97.1 Å². The number of fused-ring (bicyclic) bond motifs is 7. The van der Waals surface area contributed by atoms with Crippen molar-refractivity contribution in [3.05, 3.63) is 148 Å². The van der Waals surface area contributed by atoms with Crippen LogP contribution >= 0.6 is 11.6 Å². The highest BCUT2D eigenvalue weighted by Crippen LogP contribution is 2.75. The summed E-state index contributed by atoms with van der Waals surface area (Å²) in [6, 6.07) is 30.5. The molecule has 2 amide bonds. The lowest BCUT2D eigenvalue weighted by molar-refractivity contribution is -0.137. The highest BCUT2D eigenvalue weighted by Gasteiger charge is 2.83. The van der Waals surface area contributed by atoms with Gasteiger partial charge >= 0.3 is 6.18 Å². The Morgan fingerprint density at radius 2 is 1.06 bits per heavy atom. The highest BCUT2D eigenvalue weighted by molar-refractivity contribution is 6.41. The molecule has 5 aromatic rings. The van der Waals surface area contributed by atoms with E-state index in [0.29, 0.717) is 62.5 Å². The van der Waals surface area contributed by atoms with E-state index in [2.05, 4.69) is 0 Å². The van der Waals surface area contributed by atoms with Crippen molar-refractivity contribution in [1.82, 2.24) is 0 Å². The number of carbonyl (C=O) groups excluding carboxylic acids is 3. The Kier molecular flexibility index (Phi) is 6.77. The van der Waals surface area contributed by atoms with Crippen LogP contribution in [0.4, 0.5) is 18.9 Å². The summed E-state index contributed by atoms with van der Waals surface area (Å²) < 4.78 is 65.2. The first-order valence-corrected chi connectivity index (χ1v) is 17.4. The predicted molar refractivity (Wildman–Crippen MR) is 189 cm³/mol. The summed E-state index contributed by atoms with van der Waals surface area (Å²) in [7, 11) is 0. The maximum atomic E-state index is 16.2. The fraction of sp³-hybridized carbons (Fsp3) is 0.167. The van der Waals surface area contributed by atoms with E-state index in [9.17, 15) is 13.2 Å². The van der Waals surface area contributed by atoms with E-state index in [-0.39, 0.29) is 18.6 Å². The largest absolute Gasteiger partial charge is 0.454 e. The van der Waals surface area contributed by atoms with Gasteiger partial charge in [0, 0.05) is 0 Å². The zero-order valence-corrected chi connectivity index (χ0v) is 28.6. The standard InChI is InChI=1S/C42H25ClF3NO7/c43-27-14-13-26(42(44,45)46)19-28(27)47-37(48)35-36(38(47)49)41(25-9-5-2-6-10-25)34(23-12-16-30-32(18-23)54-21-52-30)33(22-11-15-29-31(17-22)53-20-51-29)40(35,39(41)50)24-7-3-1-4-8-24/h1-19,35-36H,20-21H2/t35-,36-,40-,41-/m0/s1. The second-order valence-corrected chi connectivity index (χ2v) is 14.1. The molecule has 8 nitrogen and oxygen atoms in total. The number of anilines is 1. The minimum Gasteiger partial charge on any atom is -0.454 e. The molecule has 0 radical (unpaired) electrons. The van der Waals surface area contributed by atoms with Crippen molar-refractivity contribution in [3.63, 3.8) is 0 Å². The van der Waals surface area contributed by atoms with E-state index in [0.717, 1.165) is 17.0 Å². The van der Waals surface area contributed by atoms with Crippen molar-refractivity contribution in [2.24, 2.45) is 11.8 Å². The highest BCUT2D eigenvalue weighted by atomic mass is 35.5. The minimum atomic E-state index is -4.80. The Morgan fingerprint density at radius 3 is 1.52 bits per heavy atom. The number of ketones is 1. The molecule has 268 valence electrons. The number of nitrogens with zero attached hydrogens (tertiary/aromatic N) is 1. The number of carbonyl (C=O) groups is 3.